The first-order valence-corrected chi connectivity index (χ1v) is 9.49. The Hall–Kier alpha value is -1.82. The predicted molar refractivity (Wildman–Crippen MR) is 93.5 cm³/mol. The maximum Gasteiger partial charge on any atom is 0.272 e. The van der Waals surface area contributed by atoms with E-state index in [1.165, 1.54) is 9.88 Å². The Labute approximate surface area is 146 Å². The van der Waals surface area contributed by atoms with Gasteiger partial charge in [0, 0.05) is 36.0 Å². The van der Waals surface area contributed by atoms with E-state index >= 15 is 0 Å². The minimum Gasteiger partial charge on any atom is -0.337 e. The summed E-state index contributed by atoms with van der Waals surface area (Å²) in [4.78, 5) is 29.6. The lowest BCUT2D eigenvalue weighted by Crippen LogP contribution is -2.39. The third-order valence-corrected chi connectivity index (χ3v) is 6.17. The van der Waals surface area contributed by atoms with E-state index in [-0.39, 0.29) is 5.91 Å². The zero-order chi connectivity index (χ0) is 16.7. The highest BCUT2D eigenvalue weighted by molar-refractivity contribution is 7.11. The second kappa shape index (κ2) is 6.24. The molecule has 5 nitrogen and oxygen atoms in total. The van der Waals surface area contributed by atoms with Gasteiger partial charge >= 0.3 is 0 Å². The zero-order valence-corrected chi connectivity index (χ0v) is 15.0. The number of hydrogen-bond donors (Lipinski definition) is 0. The van der Waals surface area contributed by atoms with Crippen molar-refractivity contribution in [3.05, 3.63) is 39.4 Å². The van der Waals surface area contributed by atoms with Crippen molar-refractivity contribution in [2.24, 2.45) is 0 Å². The molecule has 1 unspecified atom stereocenters. The van der Waals surface area contributed by atoms with Crippen LogP contribution in [0.25, 0.3) is 0 Å². The standard InChI is InChI=1S/C18H22N4OS/c1-11-12(2)24-17(20-11)14-4-3-9-22(10-14)18(23)15-7-8-19-16(21-15)13-5-6-13/h7-8,13-14H,3-6,9-10H2,1-2H3. The summed E-state index contributed by atoms with van der Waals surface area (Å²) < 4.78 is 0. The smallest absolute Gasteiger partial charge is 0.272 e. The minimum atomic E-state index is 0.0361. The molecule has 0 spiro atoms. The number of thiazole rings is 1. The van der Waals surface area contributed by atoms with Crippen LogP contribution in [0, 0.1) is 13.8 Å². The molecule has 3 heterocycles. The quantitative estimate of drug-likeness (QED) is 0.857. The molecule has 0 bridgehead atoms. The average Bonchev–Trinajstić information content (AvgIpc) is 3.40. The molecule has 1 saturated heterocycles. The van der Waals surface area contributed by atoms with E-state index < -0.39 is 0 Å². The van der Waals surface area contributed by atoms with E-state index in [9.17, 15) is 4.79 Å². The van der Waals surface area contributed by atoms with Gasteiger partial charge in [-0.25, -0.2) is 15.0 Å². The van der Waals surface area contributed by atoms with Crippen LogP contribution in [0.4, 0.5) is 0 Å². The fraction of sp³-hybridized carbons (Fsp3) is 0.556. The highest BCUT2D eigenvalue weighted by Crippen LogP contribution is 2.38. The molecular formula is C18H22N4OS. The Bertz CT molecular complexity index is 749. The van der Waals surface area contributed by atoms with Gasteiger partial charge < -0.3 is 4.90 Å². The fourth-order valence-corrected chi connectivity index (χ4v) is 4.28. The van der Waals surface area contributed by atoms with Crippen LogP contribution < -0.4 is 0 Å². The molecule has 2 fully saturated rings. The summed E-state index contributed by atoms with van der Waals surface area (Å²) in [6.07, 6.45) is 6.14. The molecule has 1 aliphatic heterocycles. The molecule has 4 rings (SSSR count). The van der Waals surface area contributed by atoms with E-state index in [2.05, 4.69) is 23.8 Å². The summed E-state index contributed by atoms with van der Waals surface area (Å²) in [5.74, 6) is 1.69. The first-order chi connectivity index (χ1) is 11.6. The Kier molecular flexibility index (Phi) is 4.08. The van der Waals surface area contributed by atoms with Crippen molar-refractivity contribution in [3.63, 3.8) is 0 Å². The van der Waals surface area contributed by atoms with Crippen molar-refractivity contribution in [2.45, 2.75) is 51.4 Å². The van der Waals surface area contributed by atoms with Crippen molar-refractivity contribution in [1.82, 2.24) is 19.9 Å². The summed E-state index contributed by atoms with van der Waals surface area (Å²) in [7, 11) is 0. The maximum absolute atomic E-state index is 12.9. The number of rotatable bonds is 3. The van der Waals surface area contributed by atoms with E-state index in [1.54, 1.807) is 23.6 Å². The number of aromatic nitrogens is 3. The number of hydrogen-bond acceptors (Lipinski definition) is 5. The molecule has 24 heavy (non-hydrogen) atoms. The Morgan fingerprint density at radius 3 is 2.75 bits per heavy atom. The first kappa shape index (κ1) is 15.7. The van der Waals surface area contributed by atoms with E-state index in [0.29, 0.717) is 17.5 Å². The maximum atomic E-state index is 12.9. The van der Waals surface area contributed by atoms with Gasteiger partial charge in [0.1, 0.15) is 11.5 Å². The number of carbonyl (C=O) groups is 1. The number of likely N-dealkylation sites (tertiary alicyclic amines) is 1. The topological polar surface area (TPSA) is 59.0 Å². The lowest BCUT2D eigenvalue weighted by molar-refractivity contribution is 0.0700. The number of carbonyl (C=O) groups excluding carboxylic acids is 1. The Balaban J connectivity index is 1.51. The average molecular weight is 342 g/mol. The molecule has 6 heteroatoms. The molecule has 0 radical (unpaired) electrons. The second-order valence-electron chi connectivity index (χ2n) is 6.86. The van der Waals surface area contributed by atoms with Crippen LogP contribution in [-0.2, 0) is 0 Å². The van der Waals surface area contributed by atoms with Gasteiger partial charge in [-0.05, 0) is 45.6 Å². The van der Waals surface area contributed by atoms with Gasteiger partial charge in [-0.3, -0.25) is 4.79 Å². The van der Waals surface area contributed by atoms with Crippen molar-refractivity contribution in [2.75, 3.05) is 13.1 Å². The van der Waals surface area contributed by atoms with Gasteiger partial charge in [-0.2, -0.15) is 0 Å². The number of nitrogens with zero attached hydrogens (tertiary/aromatic N) is 4. The van der Waals surface area contributed by atoms with Crippen LogP contribution in [0.3, 0.4) is 0 Å². The third kappa shape index (κ3) is 3.07. The minimum absolute atomic E-state index is 0.0361. The molecule has 2 aliphatic rings. The zero-order valence-electron chi connectivity index (χ0n) is 14.2. The number of piperidine rings is 1. The highest BCUT2D eigenvalue weighted by Gasteiger charge is 2.30. The van der Waals surface area contributed by atoms with E-state index in [1.807, 2.05) is 4.90 Å². The monoisotopic (exact) mass is 342 g/mol. The van der Waals surface area contributed by atoms with Crippen molar-refractivity contribution in [3.8, 4) is 0 Å². The number of amides is 1. The fourth-order valence-electron chi connectivity index (χ4n) is 3.23. The van der Waals surface area contributed by atoms with Crippen LogP contribution in [0.5, 0.6) is 0 Å². The van der Waals surface area contributed by atoms with Gasteiger partial charge in [0.15, 0.2) is 0 Å². The van der Waals surface area contributed by atoms with Crippen molar-refractivity contribution >= 4 is 17.2 Å². The van der Waals surface area contributed by atoms with Gasteiger partial charge in [0.2, 0.25) is 0 Å². The van der Waals surface area contributed by atoms with Gasteiger partial charge in [0.25, 0.3) is 5.91 Å². The lowest BCUT2D eigenvalue weighted by Gasteiger charge is -2.31. The molecule has 2 aromatic rings. The predicted octanol–water partition coefficient (Wildman–Crippen LogP) is 3.45. The molecule has 1 aliphatic carbocycles. The third-order valence-electron chi connectivity index (χ3n) is 4.94. The molecular weight excluding hydrogens is 320 g/mol. The van der Waals surface area contributed by atoms with Crippen LogP contribution in [-0.4, -0.2) is 38.8 Å². The molecule has 1 amide bonds. The molecule has 0 N–H and O–H groups in total. The Morgan fingerprint density at radius 2 is 2.04 bits per heavy atom. The summed E-state index contributed by atoms with van der Waals surface area (Å²) in [6.45, 7) is 5.72. The summed E-state index contributed by atoms with van der Waals surface area (Å²) >= 11 is 1.77. The van der Waals surface area contributed by atoms with Crippen LogP contribution in [0.1, 0.15) is 69.4 Å². The van der Waals surface area contributed by atoms with E-state index in [0.717, 1.165) is 50.3 Å². The molecule has 0 aromatic carbocycles. The number of aryl methyl sites for hydroxylation is 2. The van der Waals surface area contributed by atoms with Gasteiger partial charge in [-0.15, -0.1) is 11.3 Å². The van der Waals surface area contributed by atoms with Crippen LogP contribution >= 0.6 is 11.3 Å². The molecule has 2 aromatic heterocycles. The lowest BCUT2D eigenvalue weighted by atomic mass is 9.98. The van der Waals surface area contributed by atoms with Crippen molar-refractivity contribution in [1.29, 1.82) is 0 Å². The van der Waals surface area contributed by atoms with Gasteiger partial charge in [0.05, 0.1) is 10.7 Å². The highest BCUT2D eigenvalue weighted by atomic mass is 32.1. The normalized spacial score (nSPS) is 21.1. The summed E-state index contributed by atoms with van der Waals surface area (Å²) in [6, 6.07) is 1.75. The first-order valence-electron chi connectivity index (χ1n) is 8.68. The van der Waals surface area contributed by atoms with E-state index in [4.69, 9.17) is 4.98 Å². The molecule has 1 saturated carbocycles. The molecule has 1 atom stereocenters. The Morgan fingerprint density at radius 1 is 1.21 bits per heavy atom. The van der Waals surface area contributed by atoms with Crippen molar-refractivity contribution < 1.29 is 4.79 Å². The van der Waals surface area contributed by atoms with Crippen LogP contribution in [0.2, 0.25) is 0 Å². The second-order valence-corrected chi connectivity index (χ2v) is 8.09. The SMILES string of the molecule is Cc1nc(C2CCCN(C(=O)c3ccnc(C4CC4)n3)C2)sc1C. The van der Waals surface area contributed by atoms with Crippen LogP contribution in [0.15, 0.2) is 12.3 Å². The summed E-state index contributed by atoms with van der Waals surface area (Å²) in [5, 5.41) is 1.17. The largest absolute Gasteiger partial charge is 0.337 e. The molecule has 126 valence electrons. The van der Waals surface area contributed by atoms with Gasteiger partial charge in [-0.1, -0.05) is 0 Å². The summed E-state index contributed by atoms with van der Waals surface area (Å²) in [5.41, 5.74) is 1.65.